The van der Waals surface area contributed by atoms with E-state index in [2.05, 4.69) is 10.2 Å². The zero-order valence-electron chi connectivity index (χ0n) is 9.43. The van der Waals surface area contributed by atoms with E-state index >= 15 is 0 Å². The Labute approximate surface area is 113 Å². The smallest absolute Gasteiger partial charge is 0.257 e. The minimum Gasteiger partial charge on any atom is -0.472 e. The third-order valence-electron chi connectivity index (χ3n) is 2.30. The second kappa shape index (κ2) is 5.37. The molecule has 0 radical (unpaired) electrons. The number of halogens is 2. The molecule has 7 heteroatoms. The van der Waals surface area contributed by atoms with E-state index < -0.39 is 0 Å². The van der Waals surface area contributed by atoms with Crippen LogP contribution in [0.3, 0.4) is 0 Å². The van der Waals surface area contributed by atoms with Gasteiger partial charge in [0, 0.05) is 19.2 Å². The van der Waals surface area contributed by atoms with Crippen molar-refractivity contribution in [2.45, 2.75) is 6.54 Å². The van der Waals surface area contributed by atoms with E-state index in [9.17, 15) is 4.79 Å². The summed E-state index contributed by atoms with van der Waals surface area (Å²) in [6.45, 7) is 0.408. The Morgan fingerprint density at radius 1 is 1.44 bits per heavy atom. The number of hydrogen-bond acceptors (Lipinski definition) is 4. The fourth-order valence-corrected chi connectivity index (χ4v) is 1.76. The summed E-state index contributed by atoms with van der Waals surface area (Å²) >= 11 is 11.5. The molecule has 0 aliphatic heterocycles. The van der Waals surface area contributed by atoms with Crippen LogP contribution in [0.25, 0.3) is 0 Å². The number of aromatic nitrogens is 2. The molecule has 0 saturated carbocycles. The second-order valence-electron chi connectivity index (χ2n) is 3.66. The quantitative estimate of drug-likeness (QED) is 0.870. The Bertz CT molecular complexity index is 557. The lowest BCUT2D eigenvalue weighted by Crippen LogP contribution is -2.26. The molecule has 2 aromatic heterocycles. The molecule has 18 heavy (non-hydrogen) atoms. The number of furan rings is 1. The van der Waals surface area contributed by atoms with Crippen molar-refractivity contribution in [2.75, 3.05) is 7.05 Å². The van der Waals surface area contributed by atoms with E-state index in [0.29, 0.717) is 6.54 Å². The Hall–Kier alpha value is -1.59. The first-order valence-electron chi connectivity index (χ1n) is 5.03. The largest absolute Gasteiger partial charge is 0.472 e. The van der Waals surface area contributed by atoms with Crippen LogP contribution in [-0.4, -0.2) is 28.1 Å². The van der Waals surface area contributed by atoms with Crippen LogP contribution in [0, 0.1) is 0 Å². The third-order valence-corrected chi connectivity index (χ3v) is 2.76. The number of carbonyl (C=O) groups is 1. The van der Waals surface area contributed by atoms with Gasteiger partial charge < -0.3 is 9.32 Å². The van der Waals surface area contributed by atoms with Crippen LogP contribution in [0.15, 0.2) is 29.1 Å². The monoisotopic (exact) mass is 285 g/mol. The molecule has 0 N–H and O–H groups in total. The molecule has 0 fully saturated rings. The molecule has 0 atom stereocenters. The van der Waals surface area contributed by atoms with Gasteiger partial charge in [0.05, 0.1) is 18.1 Å². The molecule has 5 nitrogen and oxygen atoms in total. The Kier molecular flexibility index (Phi) is 3.84. The first-order valence-corrected chi connectivity index (χ1v) is 5.79. The van der Waals surface area contributed by atoms with E-state index in [0.717, 1.165) is 5.56 Å². The molecule has 0 aliphatic rings. The fraction of sp³-hybridized carbons (Fsp3) is 0.182. The van der Waals surface area contributed by atoms with Crippen LogP contribution in [0.2, 0.25) is 10.3 Å². The average molecular weight is 286 g/mol. The molecule has 1 amide bonds. The Morgan fingerprint density at radius 2 is 2.22 bits per heavy atom. The lowest BCUT2D eigenvalue weighted by atomic mass is 10.2. The first kappa shape index (κ1) is 12.9. The van der Waals surface area contributed by atoms with Crippen LogP contribution in [0.4, 0.5) is 0 Å². The number of nitrogens with zero attached hydrogens (tertiary/aromatic N) is 3. The van der Waals surface area contributed by atoms with Crippen molar-refractivity contribution >= 4 is 29.1 Å². The summed E-state index contributed by atoms with van der Waals surface area (Å²) in [6.07, 6.45) is 3.12. The van der Waals surface area contributed by atoms with Gasteiger partial charge in [0.15, 0.2) is 10.3 Å². The predicted molar refractivity (Wildman–Crippen MR) is 66.6 cm³/mol. The van der Waals surface area contributed by atoms with E-state index in [4.69, 9.17) is 27.6 Å². The molecular weight excluding hydrogens is 277 g/mol. The van der Waals surface area contributed by atoms with Gasteiger partial charge in [-0.15, -0.1) is 10.2 Å². The first-order chi connectivity index (χ1) is 8.58. The van der Waals surface area contributed by atoms with Crippen molar-refractivity contribution in [1.82, 2.24) is 15.1 Å². The van der Waals surface area contributed by atoms with Crippen LogP contribution in [0.5, 0.6) is 0 Å². The summed E-state index contributed by atoms with van der Waals surface area (Å²) in [7, 11) is 1.65. The molecule has 2 aromatic rings. The Morgan fingerprint density at radius 3 is 2.89 bits per heavy atom. The highest BCUT2D eigenvalue weighted by molar-refractivity contribution is 6.34. The molecule has 2 rings (SSSR count). The normalized spacial score (nSPS) is 10.4. The van der Waals surface area contributed by atoms with Crippen molar-refractivity contribution in [2.24, 2.45) is 0 Å². The molecule has 0 saturated heterocycles. The number of carbonyl (C=O) groups excluding carboxylic acids is 1. The SMILES string of the molecule is CN(Cc1ccoc1)C(=O)c1cc(Cl)nnc1Cl. The highest BCUT2D eigenvalue weighted by Gasteiger charge is 2.17. The standard InChI is InChI=1S/C11H9Cl2N3O2/c1-16(5-7-2-3-18-6-7)11(17)8-4-9(12)14-15-10(8)13/h2-4,6H,5H2,1H3. The highest BCUT2D eigenvalue weighted by Crippen LogP contribution is 2.18. The summed E-state index contributed by atoms with van der Waals surface area (Å²) in [5, 5.41) is 7.31. The van der Waals surface area contributed by atoms with Gasteiger partial charge in [-0.05, 0) is 12.1 Å². The summed E-state index contributed by atoms with van der Waals surface area (Å²) in [5.41, 5.74) is 1.11. The second-order valence-corrected chi connectivity index (χ2v) is 4.41. The van der Waals surface area contributed by atoms with Gasteiger partial charge in [0.1, 0.15) is 0 Å². The third kappa shape index (κ3) is 2.80. The van der Waals surface area contributed by atoms with Crippen LogP contribution in [0.1, 0.15) is 15.9 Å². The van der Waals surface area contributed by atoms with Crippen molar-refractivity contribution in [3.05, 3.63) is 46.1 Å². The molecule has 2 heterocycles. The van der Waals surface area contributed by atoms with Crippen molar-refractivity contribution in [3.63, 3.8) is 0 Å². The van der Waals surface area contributed by atoms with Crippen LogP contribution < -0.4 is 0 Å². The lowest BCUT2D eigenvalue weighted by Gasteiger charge is -2.16. The maximum absolute atomic E-state index is 12.1. The zero-order valence-corrected chi connectivity index (χ0v) is 10.9. The highest BCUT2D eigenvalue weighted by atomic mass is 35.5. The van der Waals surface area contributed by atoms with Crippen LogP contribution >= 0.6 is 23.2 Å². The van der Waals surface area contributed by atoms with Crippen molar-refractivity contribution < 1.29 is 9.21 Å². The Balaban J connectivity index is 2.17. The lowest BCUT2D eigenvalue weighted by molar-refractivity contribution is 0.0784. The number of amides is 1. The molecule has 0 unspecified atom stereocenters. The van der Waals surface area contributed by atoms with Gasteiger partial charge in [-0.25, -0.2) is 0 Å². The van der Waals surface area contributed by atoms with Gasteiger partial charge in [0.25, 0.3) is 5.91 Å². The minimum atomic E-state index is -0.280. The average Bonchev–Trinajstić information content (AvgIpc) is 2.84. The van der Waals surface area contributed by atoms with E-state index in [1.165, 1.54) is 11.0 Å². The molecular formula is C11H9Cl2N3O2. The maximum Gasteiger partial charge on any atom is 0.257 e. The summed E-state index contributed by atoms with van der Waals surface area (Å²) in [6, 6.07) is 3.17. The molecule has 0 bridgehead atoms. The zero-order chi connectivity index (χ0) is 13.1. The number of hydrogen-bond donors (Lipinski definition) is 0. The minimum absolute atomic E-state index is 0.0310. The van der Waals surface area contributed by atoms with Gasteiger partial charge in [-0.1, -0.05) is 23.2 Å². The van der Waals surface area contributed by atoms with Crippen LogP contribution in [-0.2, 0) is 6.54 Å². The van der Waals surface area contributed by atoms with Gasteiger partial charge in [0.2, 0.25) is 0 Å². The fourth-order valence-electron chi connectivity index (χ4n) is 1.44. The van der Waals surface area contributed by atoms with Gasteiger partial charge >= 0.3 is 0 Å². The molecule has 0 aromatic carbocycles. The topological polar surface area (TPSA) is 59.2 Å². The molecule has 94 valence electrons. The van der Waals surface area contributed by atoms with Crippen molar-refractivity contribution in [3.8, 4) is 0 Å². The van der Waals surface area contributed by atoms with E-state index in [-0.39, 0.29) is 21.8 Å². The van der Waals surface area contributed by atoms with E-state index in [1.54, 1.807) is 25.6 Å². The van der Waals surface area contributed by atoms with Crippen molar-refractivity contribution in [1.29, 1.82) is 0 Å². The summed E-state index contributed by atoms with van der Waals surface area (Å²) in [4.78, 5) is 13.6. The maximum atomic E-state index is 12.1. The van der Waals surface area contributed by atoms with Gasteiger partial charge in [-0.3, -0.25) is 4.79 Å². The molecule has 0 spiro atoms. The molecule has 0 aliphatic carbocycles. The summed E-state index contributed by atoms with van der Waals surface area (Å²) in [5.74, 6) is -0.280. The number of rotatable bonds is 3. The predicted octanol–water partition coefficient (Wildman–Crippen LogP) is 2.65. The van der Waals surface area contributed by atoms with Gasteiger partial charge in [-0.2, -0.15) is 0 Å². The van der Waals surface area contributed by atoms with E-state index in [1.807, 2.05) is 0 Å². The summed E-state index contributed by atoms with van der Waals surface area (Å²) < 4.78 is 4.94.